The lowest BCUT2D eigenvalue weighted by molar-refractivity contribution is -0.385. The van der Waals surface area contributed by atoms with E-state index in [1.54, 1.807) is 54.6 Å². The highest BCUT2D eigenvalue weighted by molar-refractivity contribution is 8.00. The summed E-state index contributed by atoms with van der Waals surface area (Å²) >= 11 is 1.30. The molecule has 4 aromatic rings. The molecule has 4 aromatic carbocycles. The molecule has 0 saturated heterocycles. The van der Waals surface area contributed by atoms with Crippen LogP contribution in [0.5, 0.6) is 0 Å². The number of rotatable bonds is 10. The maximum absolute atomic E-state index is 13.4. The van der Waals surface area contributed by atoms with Crippen LogP contribution in [-0.2, 0) is 9.59 Å². The van der Waals surface area contributed by atoms with Crippen LogP contribution < -0.4 is 16.0 Å². The quantitative estimate of drug-likeness (QED) is 0.0867. The number of anilines is 2. The number of aryl methyl sites for hydroxylation is 2. The molecule has 10 heteroatoms. The molecule has 0 heterocycles. The molecular formula is C32H28N4O5S. The molecule has 0 aliphatic carbocycles. The zero-order valence-corrected chi connectivity index (χ0v) is 23.7. The number of hydrogen-bond donors (Lipinski definition) is 3. The fourth-order valence-electron chi connectivity index (χ4n) is 3.90. The molecule has 0 aromatic heterocycles. The highest BCUT2D eigenvalue weighted by Gasteiger charge is 2.18. The van der Waals surface area contributed by atoms with Crippen LogP contribution >= 0.6 is 11.8 Å². The van der Waals surface area contributed by atoms with Gasteiger partial charge in [0.05, 0.1) is 16.2 Å². The van der Waals surface area contributed by atoms with E-state index in [0.717, 1.165) is 21.7 Å². The summed E-state index contributed by atoms with van der Waals surface area (Å²) in [6, 6.07) is 26.9. The lowest BCUT2D eigenvalue weighted by atomic mass is 10.1. The van der Waals surface area contributed by atoms with E-state index in [2.05, 4.69) is 16.0 Å². The van der Waals surface area contributed by atoms with E-state index in [1.165, 1.54) is 36.0 Å². The van der Waals surface area contributed by atoms with Crippen LogP contribution in [0.1, 0.15) is 27.0 Å². The standard InChI is InChI=1S/C32H28N4O5S/c1-21-15-16-26(17-22(21)2)33-30(37)20-42-27-13-8-12-25(19-27)34-32(39)28(35-31(38)23-9-4-3-5-10-23)18-24-11-6-7-14-29(24)36(40)41/h3-19H,20H2,1-2H3,(H,33,37)(H,34,39)(H,35,38)/b28-18+. The zero-order chi connectivity index (χ0) is 30.1. The summed E-state index contributed by atoms with van der Waals surface area (Å²) in [5.74, 6) is -1.24. The van der Waals surface area contributed by atoms with E-state index in [4.69, 9.17) is 0 Å². The molecule has 0 bridgehead atoms. The zero-order valence-electron chi connectivity index (χ0n) is 22.9. The number of nitro benzene ring substituents is 1. The third kappa shape index (κ3) is 8.15. The molecule has 4 rings (SSSR count). The molecule has 42 heavy (non-hydrogen) atoms. The van der Waals surface area contributed by atoms with Crippen LogP contribution in [0.15, 0.2) is 108 Å². The average molecular weight is 581 g/mol. The summed E-state index contributed by atoms with van der Waals surface area (Å²) in [6.45, 7) is 3.98. The van der Waals surface area contributed by atoms with Crippen molar-refractivity contribution < 1.29 is 19.3 Å². The molecule has 3 amide bonds. The number of nitrogens with one attached hydrogen (secondary N) is 3. The highest BCUT2D eigenvalue weighted by atomic mass is 32.2. The van der Waals surface area contributed by atoms with Gasteiger partial charge in [0.15, 0.2) is 0 Å². The minimum Gasteiger partial charge on any atom is -0.325 e. The second-order valence-electron chi connectivity index (χ2n) is 9.31. The minimum atomic E-state index is -0.674. The van der Waals surface area contributed by atoms with E-state index >= 15 is 0 Å². The second kappa shape index (κ2) is 13.9. The second-order valence-corrected chi connectivity index (χ2v) is 10.4. The Labute approximate surface area is 247 Å². The average Bonchev–Trinajstić information content (AvgIpc) is 2.98. The number of benzene rings is 4. The number of carbonyl (C=O) groups is 3. The summed E-state index contributed by atoms with van der Waals surface area (Å²) in [5, 5.41) is 19.8. The van der Waals surface area contributed by atoms with Crippen molar-refractivity contribution in [3.8, 4) is 0 Å². The lowest BCUT2D eigenvalue weighted by Gasteiger charge is -2.12. The molecular weight excluding hydrogens is 552 g/mol. The van der Waals surface area contributed by atoms with Crippen molar-refractivity contribution >= 4 is 52.6 Å². The first-order valence-electron chi connectivity index (χ1n) is 12.9. The molecule has 0 unspecified atom stereocenters. The fraction of sp³-hybridized carbons (Fsp3) is 0.0938. The number of nitro groups is 1. The van der Waals surface area contributed by atoms with Crippen molar-refractivity contribution in [1.29, 1.82) is 0 Å². The van der Waals surface area contributed by atoms with Gasteiger partial charge < -0.3 is 16.0 Å². The number of carbonyl (C=O) groups excluding carboxylic acids is 3. The normalized spacial score (nSPS) is 11.0. The Bertz CT molecular complexity index is 1670. The van der Waals surface area contributed by atoms with Gasteiger partial charge in [0.1, 0.15) is 5.70 Å². The van der Waals surface area contributed by atoms with Gasteiger partial charge in [0.2, 0.25) is 5.91 Å². The lowest BCUT2D eigenvalue weighted by Crippen LogP contribution is -2.30. The molecule has 0 fully saturated rings. The maximum atomic E-state index is 13.4. The first-order valence-corrected chi connectivity index (χ1v) is 13.9. The summed E-state index contributed by atoms with van der Waals surface area (Å²) in [7, 11) is 0. The van der Waals surface area contributed by atoms with Gasteiger partial charge in [-0.1, -0.05) is 42.5 Å². The Kier molecular flexibility index (Phi) is 9.85. The van der Waals surface area contributed by atoms with Crippen molar-refractivity contribution in [1.82, 2.24) is 5.32 Å². The molecule has 9 nitrogen and oxygen atoms in total. The number of thioether (sulfide) groups is 1. The van der Waals surface area contributed by atoms with Crippen LogP contribution in [0.2, 0.25) is 0 Å². The number of para-hydroxylation sites is 1. The van der Waals surface area contributed by atoms with Gasteiger partial charge in [-0.3, -0.25) is 24.5 Å². The smallest absolute Gasteiger partial charge is 0.276 e. The van der Waals surface area contributed by atoms with Gasteiger partial charge in [-0.15, -0.1) is 11.8 Å². The predicted octanol–water partition coefficient (Wildman–Crippen LogP) is 6.35. The Morgan fingerprint density at radius 3 is 2.26 bits per heavy atom. The van der Waals surface area contributed by atoms with Crippen molar-refractivity contribution in [2.24, 2.45) is 0 Å². The van der Waals surface area contributed by atoms with E-state index in [0.29, 0.717) is 11.3 Å². The van der Waals surface area contributed by atoms with Gasteiger partial charge in [0, 0.05) is 27.9 Å². The van der Waals surface area contributed by atoms with Crippen LogP contribution in [-0.4, -0.2) is 28.4 Å². The Morgan fingerprint density at radius 1 is 0.810 bits per heavy atom. The molecule has 0 saturated carbocycles. The number of hydrogen-bond acceptors (Lipinski definition) is 6. The number of nitrogens with zero attached hydrogens (tertiary/aromatic N) is 1. The Hall–Kier alpha value is -5.22. The van der Waals surface area contributed by atoms with Crippen molar-refractivity contribution in [3.63, 3.8) is 0 Å². The Balaban J connectivity index is 1.49. The molecule has 0 radical (unpaired) electrons. The monoisotopic (exact) mass is 580 g/mol. The van der Waals surface area contributed by atoms with Crippen molar-refractivity contribution in [3.05, 3.63) is 135 Å². The predicted molar refractivity (Wildman–Crippen MR) is 165 cm³/mol. The van der Waals surface area contributed by atoms with Gasteiger partial charge in [0.25, 0.3) is 17.5 Å². The summed E-state index contributed by atoms with van der Waals surface area (Å²) < 4.78 is 0. The van der Waals surface area contributed by atoms with Crippen molar-refractivity contribution in [2.75, 3.05) is 16.4 Å². The minimum absolute atomic E-state index is 0.153. The van der Waals surface area contributed by atoms with Gasteiger partial charge in [-0.2, -0.15) is 0 Å². The SMILES string of the molecule is Cc1ccc(NC(=O)CSc2cccc(NC(=O)/C(=C\c3ccccc3[N+](=O)[O-])NC(=O)c3ccccc3)c2)cc1C. The summed E-state index contributed by atoms with van der Waals surface area (Å²) in [4.78, 5) is 50.5. The van der Waals surface area contributed by atoms with Gasteiger partial charge in [-0.25, -0.2) is 0 Å². The van der Waals surface area contributed by atoms with Gasteiger partial charge >= 0.3 is 0 Å². The molecule has 0 aliphatic rings. The van der Waals surface area contributed by atoms with E-state index in [-0.39, 0.29) is 28.6 Å². The topological polar surface area (TPSA) is 130 Å². The summed E-state index contributed by atoms with van der Waals surface area (Å²) in [5.41, 5.74) is 3.44. The van der Waals surface area contributed by atoms with Crippen LogP contribution in [0.3, 0.4) is 0 Å². The summed E-state index contributed by atoms with van der Waals surface area (Å²) in [6.07, 6.45) is 1.27. The third-order valence-electron chi connectivity index (χ3n) is 6.21. The maximum Gasteiger partial charge on any atom is 0.276 e. The molecule has 0 aliphatic heterocycles. The Morgan fingerprint density at radius 2 is 1.52 bits per heavy atom. The molecule has 212 valence electrons. The van der Waals surface area contributed by atoms with E-state index in [9.17, 15) is 24.5 Å². The van der Waals surface area contributed by atoms with Crippen LogP contribution in [0.25, 0.3) is 6.08 Å². The first kappa shape index (κ1) is 29.8. The van der Waals surface area contributed by atoms with Crippen LogP contribution in [0, 0.1) is 24.0 Å². The molecule has 0 spiro atoms. The largest absolute Gasteiger partial charge is 0.325 e. The van der Waals surface area contributed by atoms with E-state index in [1.807, 2.05) is 38.1 Å². The van der Waals surface area contributed by atoms with Crippen LogP contribution in [0.4, 0.5) is 17.1 Å². The third-order valence-corrected chi connectivity index (χ3v) is 7.21. The highest BCUT2D eigenvalue weighted by Crippen LogP contribution is 2.24. The van der Waals surface area contributed by atoms with E-state index < -0.39 is 16.7 Å². The number of amides is 3. The molecule has 0 atom stereocenters. The first-order chi connectivity index (χ1) is 20.2. The molecule has 3 N–H and O–H groups in total. The fourth-order valence-corrected chi connectivity index (χ4v) is 4.66. The van der Waals surface area contributed by atoms with Crippen molar-refractivity contribution in [2.45, 2.75) is 18.7 Å². The van der Waals surface area contributed by atoms with Gasteiger partial charge in [-0.05, 0) is 79.6 Å².